The molecule has 0 aliphatic carbocycles. The van der Waals surface area contributed by atoms with Gasteiger partial charge in [-0.2, -0.15) is 0 Å². The van der Waals surface area contributed by atoms with Crippen molar-refractivity contribution in [2.24, 2.45) is 0 Å². The summed E-state index contributed by atoms with van der Waals surface area (Å²) in [5, 5.41) is 0. The van der Waals surface area contributed by atoms with E-state index in [1.165, 1.54) is 12.8 Å². The summed E-state index contributed by atoms with van der Waals surface area (Å²) in [7, 11) is 0. The van der Waals surface area contributed by atoms with Gasteiger partial charge in [-0.3, -0.25) is 0 Å². The molecule has 7 heavy (non-hydrogen) atoms. The molecular formula is C5H11LiO. The minimum Gasteiger partial charge on any atom is -1.00 e. The molecule has 0 N–H and O–H groups in total. The zero-order valence-corrected chi connectivity index (χ0v) is 5.11. The van der Waals surface area contributed by atoms with Gasteiger partial charge in [0, 0.05) is 6.61 Å². The van der Waals surface area contributed by atoms with E-state index in [1.807, 2.05) is 0 Å². The first kappa shape index (κ1) is 7.56. The molecule has 38 valence electrons. The second-order valence-electron chi connectivity index (χ2n) is 1.82. The summed E-state index contributed by atoms with van der Waals surface area (Å²) >= 11 is 0. The van der Waals surface area contributed by atoms with Gasteiger partial charge in [0.25, 0.3) is 0 Å². The van der Waals surface area contributed by atoms with E-state index in [2.05, 4.69) is 6.92 Å². The van der Waals surface area contributed by atoms with Crippen LogP contribution in [-0.4, -0.2) is 12.7 Å². The first-order valence-corrected chi connectivity index (χ1v) is 2.51. The number of ether oxygens (including phenoxy) is 1. The first-order chi connectivity index (χ1) is 2.89. The summed E-state index contributed by atoms with van der Waals surface area (Å²) < 4.78 is 5.15. The fraction of sp³-hybridized carbons (Fsp3) is 1.00. The summed E-state index contributed by atoms with van der Waals surface area (Å²) in [5.41, 5.74) is 0. The Morgan fingerprint density at radius 1 is 1.71 bits per heavy atom. The molecule has 1 rings (SSSR count). The van der Waals surface area contributed by atoms with Crippen LogP contribution >= 0.6 is 0 Å². The van der Waals surface area contributed by atoms with Crippen LogP contribution in [-0.2, 0) is 4.74 Å². The third kappa shape index (κ3) is 2.38. The molecule has 0 bridgehead atoms. The molecule has 0 amide bonds. The van der Waals surface area contributed by atoms with Gasteiger partial charge in [-0.25, -0.2) is 0 Å². The van der Waals surface area contributed by atoms with Gasteiger partial charge in [-0.1, -0.05) is 0 Å². The molecule has 0 aromatic heterocycles. The van der Waals surface area contributed by atoms with Gasteiger partial charge in [-0.15, -0.1) is 0 Å². The van der Waals surface area contributed by atoms with Crippen molar-refractivity contribution in [3.8, 4) is 0 Å². The van der Waals surface area contributed by atoms with Crippen molar-refractivity contribution in [3.63, 3.8) is 0 Å². The van der Waals surface area contributed by atoms with Crippen LogP contribution < -0.4 is 18.9 Å². The van der Waals surface area contributed by atoms with Crippen molar-refractivity contribution in [1.82, 2.24) is 0 Å². The molecule has 2 heteroatoms. The van der Waals surface area contributed by atoms with Gasteiger partial charge in [0.05, 0.1) is 6.10 Å². The molecule has 1 saturated heterocycles. The zero-order valence-electron chi connectivity index (χ0n) is 6.11. The normalized spacial score (nSPS) is 29.6. The second kappa shape index (κ2) is 3.55. The molecule has 1 fully saturated rings. The summed E-state index contributed by atoms with van der Waals surface area (Å²) in [6.07, 6.45) is 3.08. The molecular weight excluding hydrogens is 83.0 g/mol. The smallest absolute Gasteiger partial charge is 1.00 e. The Bertz CT molecular complexity index is 45.7. The summed E-state index contributed by atoms with van der Waals surface area (Å²) in [4.78, 5) is 0. The fourth-order valence-electron chi connectivity index (χ4n) is 0.739. The summed E-state index contributed by atoms with van der Waals surface area (Å²) in [6.45, 7) is 3.11. The van der Waals surface area contributed by atoms with Crippen molar-refractivity contribution < 1.29 is 25.0 Å². The number of hydrogen-bond acceptors (Lipinski definition) is 1. The molecule has 1 heterocycles. The van der Waals surface area contributed by atoms with E-state index in [4.69, 9.17) is 4.74 Å². The van der Waals surface area contributed by atoms with Crippen LogP contribution in [0.1, 0.15) is 21.2 Å². The van der Waals surface area contributed by atoms with E-state index in [1.54, 1.807) is 0 Å². The first-order valence-electron chi connectivity index (χ1n) is 2.51. The fourth-order valence-corrected chi connectivity index (χ4v) is 0.739. The molecule has 1 atom stereocenters. The van der Waals surface area contributed by atoms with Crippen LogP contribution in [0.5, 0.6) is 0 Å². The van der Waals surface area contributed by atoms with Gasteiger partial charge in [0.2, 0.25) is 0 Å². The van der Waals surface area contributed by atoms with E-state index < -0.39 is 0 Å². The predicted octanol–water partition coefficient (Wildman–Crippen LogP) is -1.70. The molecule has 0 saturated carbocycles. The van der Waals surface area contributed by atoms with E-state index in [0.717, 1.165) is 6.61 Å². The maximum Gasteiger partial charge on any atom is 1.00 e. The van der Waals surface area contributed by atoms with Crippen molar-refractivity contribution in [2.45, 2.75) is 25.9 Å². The Labute approximate surface area is 58.1 Å². The Balaban J connectivity index is 0. The van der Waals surface area contributed by atoms with Gasteiger partial charge >= 0.3 is 18.9 Å². The van der Waals surface area contributed by atoms with E-state index in [-0.39, 0.29) is 20.3 Å². The van der Waals surface area contributed by atoms with Gasteiger partial charge in [0.1, 0.15) is 0 Å². The van der Waals surface area contributed by atoms with Crippen molar-refractivity contribution >= 4 is 0 Å². The summed E-state index contributed by atoms with van der Waals surface area (Å²) in [6, 6.07) is 0. The van der Waals surface area contributed by atoms with Crippen molar-refractivity contribution in [2.75, 3.05) is 6.61 Å². The van der Waals surface area contributed by atoms with Crippen LogP contribution in [0, 0.1) is 0 Å². The average molecular weight is 94.1 g/mol. The van der Waals surface area contributed by atoms with E-state index in [0.29, 0.717) is 6.10 Å². The Morgan fingerprint density at radius 2 is 2.43 bits per heavy atom. The van der Waals surface area contributed by atoms with Crippen molar-refractivity contribution in [1.29, 1.82) is 0 Å². The maximum absolute atomic E-state index is 5.15. The van der Waals surface area contributed by atoms with E-state index in [9.17, 15) is 0 Å². The Morgan fingerprint density at radius 3 is 2.57 bits per heavy atom. The van der Waals surface area contributed by atoms with E-state index >= 15 is 0 Å². The maximum atomic E-state index is 5.15. The number of rotatable bonds is 0. The molecule has 0 aromatic carbocycles. The SMILES string of the molecule is CC1CCCO1.[H-].[Li+]. The molecule has 0 aromatic rings. The van der Waals surface area contributed by atoms with Crippen LogP contribution in [0.3, 0.4) is 0 Å². The quantitative estimate of drug-likeness (QED) is 0.325. The van der Waals surface area contributed by atoms with Crippen LogP contribution in [0.25, 0.3) is 0 Å². The monoisotopic (exact) mass is 94.1 g/mol. The van der Waals surface area contributed by atoms with Gasteiger partial charge in [-0.05, 0) is 19.8 Å². The van der Waals surface area contributed by atoms with Crippen LogP contribution in [0.15, 0.2) is 0 Å². The minimum atomic E-state index is 0. The standard InChI is InChI=1S/C5H10O.Li.H/c1-5-3-2-4-6-5;;/h5H,2-4H2,1H3;;/q;+1;-1. The molecule has 1 unspecified atom stereocenters. The Hall–Kier alpha value is 0.557. The third-order valence-electron chi connectivity index (χ3n) is 1.16. The second-order valence-corrected chi connectivity index (χ2v) is 1.82. The van der Waals surface area contributed by atoms with Gasteiger partial charge < -0.3 is 6.16 Å². The predicted molar refractivity (Wildman–Crippen MR) is 25.8 cm³/mol. The molecule has 1 nitrogen and oxygen atoms in total. The Kier molecular flexibility index (Phi) is 3.83. The molecule has 0 radical (unpaired) electrons. The van der Waals surface area contributed by atoms with Gasteiger partial charge in [0.15, 0.2) is 0 Å². The zero-order chi connectivity index (χ0) is 4.41. The van der Waals surface area contributed by atoms with Crippen LogP contribution in [0.2, 0.25) is 0 Å². The molecule has 0 spiro atoms. The minimum absolute atomic E-state index is 0. The molecule has 1 aliphatic heterocycles. The van der Waals surface area contributed by atoms with Crippen molar-refractivity contribution in [3.05, 3.63) is 0 Å². The summed E-state index contributed by atoms with van der Waals surface area (Å²) in [5.74, 6) is 0. The topological polar surface area (TPSA) is 9.23 Å². The average Bonchev–Trinajstić information content (AvgIpc) is 1.86. The third-order valence-corrected chi connectivity index (χ3v) is 1.16. The largest absolute Gasteiger partial charge is 1.00 e. The molecule has 1 aliphatic rings. The number of hydrogen-bond donors (Lipinski definition) is 0. The van der Waals surface area contributed by atoms with Crippen LogP contribution in [0.4, 0.5) is 0 Å².